The van der Waals surface area contributed by atoms with Crippen LogP contribution in [0.4, 0.5) is 26.5 Å². The van der Waals surface area contributed by atoms with Crippen molar-refractivity contribution in [2.45, 2.75) is 72.1 Å². The highest BCUT2D eigenvalue weighted by Crippen LogP contribution is 2.36. The molecule has 1 heterocycles. The molecule has 9 heteroatoms. The van der Waals surface area contributed by atoms with Gasteiger partial charge in [-0.2, -0.15) is 0 Å². The van der Waals surface area contributed by atoms with Gasteiger partial charge in [-0.15, -0.1) is 0 Å². The Bertz CT molecular complexity index is 1080. The van der Waals surface area contributed by atoms with Gasteiger partial charge in [0.15, 0.2) is 11.6 Å². The fourth-order valence-corrected chi connectivity index (χ4v) is 3.68. The van der Waals surface area contributed by atoms with E-state index in [9.17, 15) is 14.0 Å². The number of rotatable bonds is 8. The van der Waals surface area contributed by atoms with E-state index in [2.05, 4.69) is 20.9 Å². The van der Waals surface area contributed by atoms with Crippen molar-refractivity contribution in [3.63, 3.8) is 0 Å². The predicted octanol–water partition coefficient (Wildman–Crippen LogP) is 4.78. The van der Waals surface area contributed by atoms with Gasteiger partial charge in [0.1, 0.15) is 11.4 Å². The van der Waals surface area contributed by atoms with E-state index in [0.29, 0.717) is 5.69 Å². The Labute approximate surface area is 199 Å². The number of primary amides is 1. The molecule has 0 bridgehead atoms. The molecule has 0 unspecified atom stereocenters. The Kier molecular flexibility index (Phi) is 7.33. The number of amides is 2. The summed E-state index contributed by atoms with van der Waals surface area (Å²) in [5.41, 5.74) is 7.69. The van der Waals surface area contributed by atoms with Crippen LogP contribution in [0.3, 0.4) is 0 Å². The Morgan fingerprint density at radius 3 is 2.38 bits per heavy atom. The first-order chi connectivity index (χ1) is 15.8. The summed E-state index contributed by atoms with van der Waals surface area (Å²) in [5.74, 6) is -1.11. The lowest BCUT2D eigenvalue weighted by molar-refractivity contribution is 0.0501. The number of hydrogen-bond donors (Lipinski definition) is 4. The summed E-state index contributed by atoms with van der Waals surface area (Å²) < 4.78 is 20.3. The van der Waals surface area contributed by atoms with Gasteiger partial charge in [-0.25, -0.2) is 14.2 Å². The van der Waals surface area contributed by atoms with Gasteiger partial charge >= 0.3 is 6.09 Å². The number of nitrogens with zero attached hydrogens (tertiary/aromatic N) is 1. The summed E-state index contributed by atoms with van der Waals surface area (Å²) in [6.45, 7) is 11.2. The molecule has 3 rings (SSSR count). The molecule has 0 spiro atoms. The number of ether oxygens (including phenoxy) is 1. The molecule has 5 N–H and O–H groups in total. The number of aryl methyl sites for hydroxylation is 2. The van der Waals surface area contributed by atoms with E-state index in [0.717, 1.165) is 30.0 Å². The highest BCUT2D eigenvalue weighted by molar-refractivity contribution is 5.98. The van der Waals surface area contributed by atoms with Gasteiger partial charge in [-0.3, -0.25) is 4.79 Å². The molecule has 1 fully saturated rings. The molecule has 0 aliphatic heterocycles. The molecule has 1 aliphatic carbocycles. The Hall–Kier alpha value is -3.36. The Balaban J connectivity index is 1.85. The van der Waals surface area contributed by atoms with Crippen LogP contribution in [0.25, 0.3) is 0 Å². The van der Waals surface area contributed by atoms with Crippen molar-refractivity contribution < 1.29 is 18.7 Å². The summed E-state index contributed by atoms with van der Waals surface area (Å²) in [6.07, 6.45) is 1.36. The lowest BCUT2D eigenvalue weighted by Crippen LogP contribution is -2.47. The molecular formula is C25H34FN5O3. The summed E-state index contributed by atoms with van der Waals surface area (Å²) in [4.78, 5) is 28.6. The predicted molar refractivity (Wildman–Crippen MR) is 131 cm³/mol. The van der Waals surface area contributed by atoms with Crippen molar-refractivity contribution in [1.29, 1.82) is 0 Å². The van der Waals surface area contributed by atoms with Gasteiger partial charge in [0.2, 0.25) is 0 Å². The lowest BCUT2D eigenvalue weighted by atomic mass is 10.0. The number of aromatic nitrogens is 1. The summed E-state index contributed by atoms with van der Waals surface area (Å²) >= 11 is 0. The van der Waals surface area contributed by atoms with Crippen LogP contribution in [0.2, 0.25) is 0 Å². The molecule has 1 saturated carbocycles. The molecule has 2 atom stereocenters. The standard InChI is InChI=1S/C25H34FN5O3/c1-13-7-10-17(11-14(13)2)29-22-18(21(27)32)12-19(26)23(31-22)30-20(16-8-9-16)15(3)28-24(33)34-25(4,5)6/h7,10-12,15-16,20H,8-9H2,1-6H3,(H2,27,32)(H,28,33)(H2,29,30,31)/t15-,20-/m0/s1. The largest absolute Gasteiger partial charge is 0.444 e. The third-order valence-electron chi connectivity index (χ3n) is 5.73. The number of benzene rings is 1. The van der Waals surface area contributed by atoms with E-state index in [1.54, 1.807) is 20.8 Å². The number of nitrogens with two attached hydrogens (primary N) is 1. The second kappa shape index (κ2) is 9.87. The average Bonchev–Trinajstić information content (AvgIpc) is 3.54. The third-order valence-corrected chi connectivity index (χ3v) is 5.73. The van der Waals surface area contributed by atoms with Crippen LogP contribution in [0.5, 0.6) is 0 Å². The topological polar surface area (TPSA) is 118 Å². The number of nitrogens with one attached hydrogen (secondary N) is 3. The van der Waals surface area contributed by atoms with Crippen molar-refractivity contribution in [3.8, 4) is 0 Å². The van der Waals surface area contributed by atoms with E-state index in [4.69, 9.17) is 10.5 Å². The quantitative estimate of drug-likeness (QED) is 0.440. The third kappa shape index (κ3) is 6.59. The second-order valence-corrected chi connectivity index (χ2v) is 9.95. The van der Waals surface area contributed by atoms with Crippen molar-refractivity contribution in [2.75, 3.05) is 10.6 Å². The highest BCUT2D eigenvalue weighted by atomic mass is 19.1. The average molecular weight is 472 g/mol. The fraction of sp³-hybridized carbons (Fsp3) is 0.480. The zero-order chi connectivity index (χ0) is 25.2. The number of alkyl carbamates (subject to hydrolysis) is 1. The van der Waals surface area contributed by atoms with Crippen LogP contribution in [-0.2, 0) is 4.74 Å². The van der Waals surface area contributed by atoms with Crippen LogP contribution in [-0.4, -0.2) is 34.7 Å². The van der Waals surface area contributed by atoms with Gasteiger partial charge in [0, 0.05) is 11.7 Å². The van der Waals surface area contributed by atoms with Crippen molar-refractivity contribution in [1.82, 2.24) is 10.3 Å². The van der Waals surface area contributed by atoms with Crippen LogP contribution in [0, 0.1) is 25.6 Å². The molecule has 0 radical (unpaired) electrons. The number of hydrogen-bond acceptors (Lipinski definition) is 6. The summed E-state index contributed by atoms with van der Waals surface area (Å²) in [7, 11) is 0. The first-order valence-corrected chi connectivity index (χ1v) is 11.4. The molecule has 2 amide bonds. The maximum atomic E-state index is 15.0. The zero-order valence-electron chi connectivity index (χ0n) is 20.6. The molecule has 1 aliphatic rings. The van der Waals surface area contributed by atoms with Gasteiger partial charge in [-0.05, 0) is 89.6 Å². The van der Waals surface area contributed by atoms with E-state index in [1.807, 2.05) is 39.0 Å². The minimum absolute atomic E-state index is 0.0222. The van der Waals surface area contributed by atoms with Crippen molar-refractivity contribution in [3.05, 3.63) is 46.8 Å². The van der Waals surface area contributed by atoms with E-state index in [1.165, 1.54) is 0 Å². The smallest absolute Gasteiger partial charge is 0.407 e. The number of pyridine rings is 1. The Morgan fingerprint density at radius 2 is 1.82 bits per heavy atom. The lowest BCUT2D eigenvalue weighted by Gasteiger charge is -2.28. The molecule has 2 aromatic rings. The van der Waals surface area contributed by atoms with Crippen LogP contribution in [0.1, 0.15) is 62.0 Å². The van der Waals surface area contributed by atoms with Crippen LogP contribution >= 0.6 is 0 Å². The highest BCUT2D eigenvalue weighted by Gasteiger charge is 2.37. The van der Waals surface area contributed by atoms with Gasteiger partial charge in [-0.1, -0.05) is 6.07 Å². The van der Waals surface area contributed by atoms with E-state index < -0.39 is 23.4 Å². The van der Waals surface area contributed by atoms with Gasteiger partial charge in [0.25, 0.3) is 5.91 Å². The zero-order valence-corrected chi connectivity index (χ0v) is 20.6. The number of carbonyl (C=O) groups is 2. The molecule has 184 valence electrons. The number of halogens is 1. The van der Waals surface area contributed by atoms with E-state index in [-0.39, 0.29) is 35.2 Å². The minimum Gasteiger partial charge on any atom is -0.444 e. The molecule has 1 aromatic heterocycles. The first-order valence-electron chi connectivity index (χ1n) is 11.4. The SMILES string of the molecule is Cc1ccc(Nc2nc(N[C@H](C3CC3)[C@H](C)NC(=O)OC(C)(C)C)c(F)cc2C(N)=O)cc1C. The maximum Gasteiger partial charge on any atom is 0.407 e. The second-order valence-electron chi connectivity index (χ2n) is 9.95. The molecule has 1 aromatic carbocycles. The summed E-state index contributed by atoms with van der Waals surface area (Å²) in [6, 6.07) is 6.16. The van der Waals surface area contributed by atoms with E-state index >= 15 is 0 Å². The molecule has 8 nitrogen and oxygen atoms in total. The maximum absolute atomic E-state index is 15.0. The van der Waals surface area contributed by atoms with Crippen molar-refractivity contribution >= 4 is 29.3 Å². The van der Waals surface area contributed by atoms with Crippen LogP contribution in [0.15, 0.2) is 24.3 Å². The molecular weight excluding hydrogens is 437 g/mol. The first kappa shape index (κ1) is 25.3. The number of carbonyl (C=O) groups excluding carboxylic acids is 2. The summed E-state index contributed by atoms with van der Waals surface area (Å²) in [5, 5.41) is 9.06. The Morgan fingerprint density at radius 1 is 1.15 bits per heavy atom. The van der Waals surface area contributed by atoms with Crippen LogP contribution < -0.4 is 21.7 Å². The minimum atomic E-state index is -0.789. The van der Waals surface area contributed by atoms with Crippen molar-refractivity contribution in [2.24, 2.45) is 11.7 Å². The van der Waals surface area contributed by atoms with Gasteiger partial charge < -0.3 is 26.4 Å². The van der Waals surface area contributed by atoms with Gasteiger partial charge in [0.05, 0.1) is 11.6 Å². The monoisotopic (exact) mass is 471 g/mol. The fourth-order valence-electron chi connectivity index (χ4n) is 3.68. The molecule has 0 saturated heterocycles. The molecule has 34 heavy (non-hydrogen) atoms. The normalized spacial score (nSPS) is 15.3. The number of anilines is 3.